The van der Waals surface area contributed by atoms with E-state index in [4.69, 9.17) is 11.6 Å². The first-order valence-corrected chi connectivity index (χ1v) is 5.16. The maximum atomic E-state index is 9.19. The Labute approximate surface area is 98.2 Å². The number of hydrogen-bond acceptors (Lipinski definition) is 3. The van der Waals surface area contributed by atoms with Gasteiger partial charge in [0, 0.05) is 6.20 Å². The van der Waals surface area contributed by atoms with Crippen LogP contribution in [0.5, 0.6) is 0 Å². The van der Waals surface area contributed by atoms with Gasteiger partial charge in [0.2, 0.25) is 0 Å². The first-order chi connectivity index (χ1) is 7.66. The number of rotatable bonds is 3. The van der Waals surface area contributed by atoms with E-state index in [1.807, 2.05) is 12.1 Å². The summed E-state index contributed by atoms with van der Waals surface area (Å²) in [6.07, 6.45) is 3.22. The molecule has 2 N–H and O–H groups in total. The molecule has 4 nitrogen and oxygen atoms in total. The van der Waals surface area contributed by atoms with E-state index in [0.29, 0.717) is 17.0 Å². The molecule has 0 aliphatic rings. The molecule has 0 spiro atoms. The molecule has 0 fully saturated rings. The van der Waals surface area contributed by atoms with Crippen molar-refractivity contribution in [1.82, 2.24) is 9.78 Å². The molecule has 0 radical (unpaired) electrons. The first-order valence-electron chi connectivity index (χ1n) is 4.78. The summed E-state index contributed by atoms with van der Waals surface area (Å²) in [5, 5.41) is 23.0. The molecule has 0 atom stereocenters. The third-order valence-corrected chi connectivity index (χ3v) is 2.46. The highest BCUT2D eigenvalue weighted by Gasteiger charge is 2.15. The number of halogens is 1. The number of nitrogens with zero attached hydrogens (tertiary/aromatic N) is 2. The molecule has 0 saturated heterocycles. The summed E-state index contributed by atoms with van der Waals surface area (Å²) in [7, 11) is -1.47. The molecule has 16 heavy (non-hydrogen) atoms. The van der Waals surface area contributed by atoms with Crippen LogP contribution in [0, 0.1) is 0 Å². The average molecular weight is 236 g/mol. The lowest BCUT2D eigenvalue weighted by Gasteiger charge is -2.08. The summed E-state index contributed by atoms with van der Waals surface area (Å²) in [6.45, 7) is 0.459. The van der Waals surface area contributed by atoms with Crippen molar-refractivity contribution < 1.29 is 10.0 Å². The molecule has 0 aliphatic heterocycles. The van der Waals surface area contributed by atoms with E-state index in [-0.39, 0.29) is 0 Å². The van der Waals surface area contributed by atoms with Gasteiger partial charge >= 0.3 is 7.12 Å². The maximum absolute atomic E-state index is 9.19. The molecule has 2 aromatic rings. The average Bonchev–Trinajstić information content (AvgIpc) is 2.64. The molecule has 0 unspecified atom stereocenters. The Morgan fingerprint density at radius 3 is 2.69 bits per heavy atom. The molecule has 6 heteroatoms. The van der Waals surface area contributed by atoms with Crippen molar-refractivity contribution in [3.63, 3.8) is 0 Å². The molecule has 2 rings (SSSR count). The van der Waals surface area contributed by atoms with Crippen LogP contribution in [0.4, 0.5) is 0 Å². The van der Waals surface area contributed by atoms with Gasteiger partial charge in [-0.1, -0.05) is 35.9 Å². The topological polar surface area (TPSA) is 58.3 Å². The molecule has 1 heterocycles. The Morgan fingerprint density at radius 2 is 2.06 bits per heavy atom. The molecular weight excluding hydrogens is 226 g/mol. The van der Waals surface area contributed by atoms with E-state index >= 15 is 0 Å². The second-order valence-electron chi connectivity index (χ2n) is 3.43. The van der Waals surface area contributed by atoms with Gasteiger partial charge in [-0.25, -0.2) is 0 Å². The monoisotopic (exact) mass is 236 g/mol. The lowest BCUT2D eigenvalue weighted by atomic mass is 9.77. The van der Waals surface area contributed by atoms with Crippen molar-refractivity contribution in [2.45, 2.75) is 6.54 Å². The van der Waals surface area contributed by atoms with E-state index in [1.54, 1.807) is 29.2 Å². The lowest BCUT2D eigenvalue weighted by Crippen LogP contribution is -2.33. The Bertz CT molecular complexity index is 487. The van der Waals surface area contributed by atoms with Crippen LogP contribution in [-0.4, -0.2) is 26.9 Å². The Morgan fingerprint density at radius 1 is 1.31 bits per heavy atom. The van der Waals surface area contributed by atoms with Gasteiger partial charge in [-0.3, -0.25) is 4.68 Å². The molecule has 0 saturated carbocycles. The largest absolute Gasteiger partial charge is 0.488 e. The van der Waals surface area contributed by atoms with E-state index < -0.39 is 7.12 Å². The standard InChI is InChI=1S/C10H10BClN2O2/c12-9-5-13-14(7-9)6-8-3-1-2-4-10(8)11(15)16/h1-5,7,15-16H,6H2. The molecule has 1 aromatic heterocycles. The van der Waals surface area contributed by atoms with Crippen LogP contribution in [-0.2, 0) is 6.54 Å². The van der Waals surface area contributed by atoms with Gasteiger partial charge in [0.15, 0.2) is 0 Å². The lowest BCUT2D eigenvalue weighted by molar-refractivity contribution is 0.425. The fourth-order valence-electron chi connectivity index (χ4n) is 1.53. The Kier molecular flexibility index (Phi) is 3.29. The maximum Gasteiger partial charge on any atom is 0.488 e. The predicted molar refractivity (Wildman–Crippen MR) is 62.6 cm³/mol. The van der Waals surface area contributed by atoms with Crippen LogP contribution in [0.25, 0.3) is 0 Å². The van der Waals surface area contributed by atoms with E-state index in [0.717, 1.165) is 5.56 Å². The van der Waals surface area contributed by atoms with Crippen LogP contribution >= 0.6 is 11.6 Å². The molecule has 82 valence electrons. The fraction of sp³-hybridized carbons (Fsp3) is 0.100. The highest BCUT2D eigenvalue weighted by Crippen LogP contribution is 2.07. The molecule has 0 bridgehead atoms. The highest BCUT2D eigenvalue weighted by atomic mass is 35.5. The van der Waals surface area contributed by atoms with E-state index in [2.05, 4.69) is 5.10 Å². The van der Waals surface area contributed by atoms with Gasteiger partial charge in [-0.2, -0.15) is 5.10 Å². The first kappa shape index (κ1) is 11.2. The second kappa shape index (κ2) is 4.70. The molecular formula is C10H10BClN2O2. The summed E-state index contributed by atoms with van der Waals surface area (Å²) in [5.41, 5.74) is 1.28. The minimum absolute atomic E-state index is 0.459. The predicted octanol–water partition coefficient (Wildman–Crippen LogP) is 0.265. The zero-order valence-electron chi connectivity index (χ0n) is 8.42. The van der Waals surface area contributed by atoms with Crippen molar-refractivity contribution in [2.75, 3.05) is 0 Å². The Balaban J connectivity index is 2.27. The third kappa shape index (κ3) is 2.44. The van der Waals surface area contributed by atoms with E-state index in [1.165, 1.54) is 0 Å². The van der Waals surface area contributed by atoms with Gasteiger partial charge < -0.3 is 10.0 Å². The van der Waals surface area contributed by atoms with Crippen molar-refractivity contribution in [3.8, 4) is 0 Å². The van der Waals surface area contributed by atoms with Crippen molar-refractivity contribution >= 4 is 24.2 Å². The third-order valence-electron chi connectivity index (χ3n) is 2.27. The SMILES string of the molecule is OB(O)c1ccccc1Cn1cc(Cl)cn1. The minimum Gasteiger partial charge on any atom is -0.423 e. The van der Waals surface area contributed by atoms with Crippen LogP contribution in [0.2, 0.25) is 5.02 Å². The van der Waals surface area contributed by atoms with Crippen molar-refractivity contribution in [2.24, 2.45) is 0 Å². The summed E-state index contributed by atoms with van der Waals surface area (Å²) >= 11 is 5.75. The molecule has 0 amide bonds. The van der Waals surface area contributed by atoms with Gasteiger partial charge in [-0.15, -0.1) is 0 Å². The van der Waals surface area contributed by atoms with Gasteiger partial charge in [0.1, 0.15) is 0 Å². The van der Waals surface area contributed by atoms with E-state index in [9.17, 15) is 10.0 Å². The fourth-order valence-corrected chi connectivity index (χ4v) is 1.69. The van der Waals surface area contributed by atoms with Crippen molar-refractivity contribution in [1.29, 1.82) is 0 Å². The van der Waals surface area contributed by atoms with Crippen LogP contribution in [0.15, 0.2) is 36.7 Å². The number of hydrogen-bond donors (Lipinski definition) is 2. The molecule has 1 aromatic carbocycles. The zero-order chi connectivity index (χ0) is 11.5. The number of aromatic nitrogens is 2. The Hall–Kier alpha value is -1.30. The smallest absolute Gasteiger partial charge is 0.423 e. The summed E-state index contributed by atoms with van der Waals surface area (Å²) in [6, 6.07) is 7.09. The van der Waals surface area contributed by atoms with Crippen LogP contribution in [0.1, 0.15) is 5.56 Å². The highest BCUT2D eigenvalue weighted by molar-refractivity contribution is 6.59. The minimum atomic E-state index is -1.47. The van der Waals surface area contributed by atoms with Gasteiger partial charge in [0.05, 0.1) is 17.8 Å². The summed E-state index contributed by atoms with van der Waals surface area (Å²) in [5.74, 6) is 0. The van der Waals surface area contributed by atoms with Crippen LogP contribution in [0.3, 0.4) is 0 Å². The van der Waals surface area contributed by atoms with Crippen molar-refractivity contribution in [3.05, 3.63) is 47.2 Å². The number of benzene rings is 1. The van der Waals surface area contributed by atoms with Gasteiger partial charge in [0.25, 0.3) is 0 Å². The quantitative estimate of drug-likeness (QED) is 0.752. The van der Waals surface area contributed by atoms with Crippen LogP contribution < -0.4 is 5.46 Å². The zero-order valence-corrected chi connectivity index (χ0v) is 9.17. The normalized spacial score (nSPS) is 10.4. The second-order valence-corrected chi connectivity index (χ2v) is 3.87. The summed E-state index contributed by atoms with van der Waals surface area (Å²) in [4.78, 5) is 0. The molecule has 0 aliphatic carbocycles. The summed E-state index contributed by atoms with van der Waals surface area (Å²) < 4.78 is 1.64. The van der Waals surface area contributed by atoms with Gasteiger partial charge in [-0.05, 0) is 11.0 Å².